The van der Waals surface area contributed by atoms with Crippen LogP contribution in [0.25, 0.3) is 0 Å². The van der Waals surface area contributed by atoms with E-state index in [9.17, 15) is 17.6 Å². The molecule has 12 heteroatoms. The molecule has 1 amide bonds. The van der Waals surface area contributed by atoms with Crippen molar-refractivity contribution in [1.29, 1.82) is 0 Å². The van der Waals surface area contributed by atoms with Gasteiger partial charge in [-0.1, -0.05) is 17.7 Å². The SMILES string of the molecule is O=C(Cc1ccc(OCCCC2CCN(c3ncc(Cl)cn3)CC2)cc1F)NCCS(=O)(=O)O. The predicted octanol–water partition coefficient (Wildman–Crippen LogP) is 2.89. The number of piperidine rings is 1. The Labute approximate surface area is 203 Å². The van der Waals surface area contributed by atoms with Gasteiger partial charge in [-0.3, -0.25) is 9.35 Å². The highest BCUT2D eigenvalue weighted by Crippen LogP contribution is 2.25. The summed E-state index contributed by atoms with van der Waals surface area (Å²) in [6.45, 7) is 2.01. The van der Waals surface area contributed by atoms with E-state index >= 15 is 0 Å². The molecular weight excluding hydrogens is 487 g/mol. The number of nitrogens with one attached hydrogen (secondary N) is 1. The molecule has 3 rings (SSSR count). The van der Waals surface area contributed by atoms with Gasteiger partial charge in [-0.05, 0) is 43.2 Å². The minimum absolute atomic E-state index is 0.174. The monoisotopic (exact) mass is 514 g/mol. The lowest BCUT2D eigenvalue weighted by Crippen LogP contribution is -2.34. The molecule has 2 N–H and O–H groups in total. The van der Waals surface area contributed by atoms with E-state index in [1.54, 1.807) is 18.5 Å². The molecule has 1 aromatic heterocycles. The zero-order chi connectivity index (χ0) is 24.6. The van der Waals surface area contributed by atoms with Crippen LogP contribution in [0.15, 0.2) is 30.6 Å². The molecule has 9 nitrogen and oxygen atoms in total. The molecule has 0 unspecified atom stereocenters. The Balaban J connectivity index is 1.34. The van der Waals surface area contributed by atoms with Gasteiger partial charge in [-0.2, -0.15) is 8.42 Å². The van der Waals surface area contributed by atoms with Crippen molar-refractivity contribution in [2.45, 2.75) is 32.1 Å². The average molecular weight is 515 g/mol. The fourth-order valence-corrected chi connectivity index (χ4v) is 4.23. The van der Waals surface area contributed by atoms with E-state index in [0.29, 0.717) is 29.2 Å². The Hall–Kier alpha value is -2.50. The number of nitrogens with zero attached hydrogens (tertiary/aromatic N) is 3. The lowest BCUT2D eigenvalue weighted by molar-refractivity contribution is -0.120. The zero-order valence-electron chi connectivity index (χ0n) is 18.6. The molecule has 0 radical (unpaired) electrons. The van der Waals surface area contributed by atoms with Crippen LogP contribution in [-0.2, 0) is 21.3 Å². The summed E-state index contributed by atoms with van der Waals surface area (Å²) in [4.78, 5) is 22.5. The molecule has 0 bridgehead atoms. The second kappa shape index (κ2) is 12.3. The molecule has 186 valence electrons. The Kier molecular flexibility index (Phi) is 9.43. The first-order chi connectivity index (χ1) is 16.2. The molecule has 0 spiro atoms. The standard InChI is InChI=1S/C22H28ClFN4O5S/c23-18-14-26-22(27-15-18)28-8-5-16(6-9-28)2-1-10-33-19-4-3-17(20(24)13-19)12-21(29)25-7-11-34(30,31)32/h3-4,13-16H,1-2,5-12H2,(H,25,29)(H,30,31,32). The smallest absolute Gasteiger partial charge is 0.266 e. The third kappa shape index (κ3) is 8.69. The number of aromatic nitrogens is 2. The molecule has 0 atom stereocenters. The van der Waals surface area contributed by atoms with Crippen molar-refractivity contribution in [3.05, 3.63) is 47.0 Å². The van der Waals surface area contributed by atoms with Gasteiger partial charge in [0.2, 0.25) is 11.9 Å². The number of carbonyl (C=O) groups excluding carboxylic acids is 1. The minimum Gasteiger partial charge on any atom is -0.493 e. The quantitative estimate of drug-likeness (QED) is 0.347. The number of hydrogen-bond acceptors (Lipinski definition) is 7. The number of anilines is 1. The third-order valence-electron chi connectivity index (χ3n) is 5.59. The predicted molar refractivity (Wildman–Crippen MR) is 126 cm³/mol. The minimum atomic E-state index is -4.16. The number of benzene rings is 1. The van der Waals surface area contributed by atoms with Crippen LogP contribution in [0, 0.1) is 11.7 Å². The molecule has 0 aliphatic carbocycles. The number of carbonyl (C=O) groups is 1. The van der Waals surface area contributed by atoms with E-state index in [1.165, 1.54) is 12.1 Å². The van der Waals surface area contributed by atoms with Gasteiger partial charge in [0, 0.05) is 25.7 Å². The van der Waals surface area contributed by atoms with Crippen LogP contribution in [0.3, 0.4) is 0 Å². The van der Waals surface area contributed by atoms with Crippen LogP contribution >= 0.6 is 11.6 Å². The highest BCUT2D eigenvalue weighted by molar-refractivity contribution is 7.85. The summed E-state index contributed by atoms with van der Waals surface area (Å²) in [5, 5.41) is 2.85. The van der Waals surface area contributed by atoms with Gasteiger partial charge < -0.3 is 15.0 Å². The van der Waals surface area contributed by atoms with Gasteiger partial charge in [0.1, 0.15) is 11.6 Å². The topological polar surface area (TPSA) is 122 Å². The highest BCUT2D eigenvalue weighted by Gasteiger charge is 2.20. The first kappa shape index (κ1) is 26.1. The largest absolute Gasteiger partial charge is 0.493 e. The lowest BCUT2D eigenvalue weighted by atomic mass is 9.92. The van der Waals surface area contributed by atoms with Crippen LogP contribution in [0.1, 0.15) is 31.2 Å². The number of ether oxygens (including phenoxy) is 1. The first-order valence-corrected chi connectivity index (χ1v) is 13.0. The normalized spacial score (nSPS) is 14.7. The molecule has 1 saturated heterocycles. The molecule has 0 saturated carbocycles. The Morgan fingerprint density at radius 1 is 1.26 bits per heavy atom. The van der Waals surface area contributed by atoms with Crippen molar-refractivity contribution >= 4 is 33.6 Å². The van der Waals surface area contributed by atoms with E-state index in [2.05, 4.69) is 20.2 Å². The molecule has 1 fully saturated rings. The number of amides is 1. The molecule has 2 heterocycles. The molecule has 34 heavy (non-hydrogen) atoms. The summed E-state index contributed by atoms with van der Waals surface area (Å²) < 4.78 is 49.9. The Bertz CT molecular complexity index is 1060. The van der Waals surface area contributed by atoms with Gasteiger partial charge in [-0.15, -0.1) is 0 Å². The van der Waals surface area contributed by atoms with Gasteiger partial charge in [0.25, 0.3) is 10.1 Å². The summed E-state index contributed by atoms with van der Waals surface area (Å²) in [5.74, 6) is -0.0196. The van der Waals surface area contributed by atoms with E-state index in [0.717, 1.165) is 38.8 Å². The van der Waals surface area contributed by atoms with Crippen molar-refractivity contribution < 1.29 is 26.9 Å². The fraction of sp³-hybridized carbons (Fsp3) is 0.500. The second-order valence-corrected chi connectivity index (χ2v) is 10.2. The van der Waals surface area contributed by atoms with E-state index in [-0.39, 0.29) is 18.5 Å². The van der Waals surface area contributed by atoms with E-state index in [1.807, 2.05) is 0 Å². The zero-order valence-corrected chi connectivity index (χ0v) is 20.2. The molecular formula is C22H28ClFN4O5S. The molecule has 1 aliphatic heterocycles. The summed E-state index contributed by atoms with van der Waals surface area (Å²) in [6.07, 6.45) is 6.91. The molecule has 1 aromatic carbocycles. The Morgan fingerprint density at radius 2 is 1.97 bits per heavy atom. The maximum absolute atomic E-state index is 14.3. The van der Waals surface area contributed by atoms with Crippen LogP contribution in [0.5, 0.6) is 5.75 Å². The van der Waals surface area contributed by atoms with Crippen molar-refractivity contribution in [2.24, 2.45) is 5.92 Å². The lowest BCUT2D eigenvalue weighted by Gasteiger charge is -2.31. The summed E-state index contributed by atoms with van der Waals surface area (Å²) in [5.41, 5.74) is 0.174. The van der Waals surface area contributed by atoms with Crippen molar-refractivity contribution in [1.82, 2.24) is 15.3 Å². The Morgan fingerprint density at radius 3 is 2.62 bits per heavy atom. The van der Waals surface area contributed by atoms with Crippen molar-refractivity contribution in [3.63, 3.8) is 0 Å². The van der Waals surface area contributed by atoms with Gasteiger partial charge >= 0.3 is 0 Å². The fourth-order valence-electron chi connectivity index (χ4n) is 3.77. The third-order valence-corrected chi connectivity index (χ3v) is 6.50. The maximum atomic E-state index is 14.3. The average Bonchev–Trinajstić information content (AvgIpc) is 2.78. The summed E-state index contributed by atoms with van der Waals surface area (Å²) in [7, 11) is -4.16. The van der Waals surface area contributed by atoms with Crippen LogP contribution in [0.4, 0.5) is 10.3 Å². The van der Waals surface area contributed by atoms with Crippen molar-refractivity contribution in [3.8, 4) is 5.75 Å². The van der Waals surface area contributed by atoms with Gasteiger partial charge in [0.05, 0.1) is 36.2 Å². The molecule has 2 aromatic rings. The summed E-state index contributed by atoms with van der Waals surface area (Å²) >= 11 is 5.84. The van der Waals surface area contributed by atoms with Crippen LogP contribution in [-0.4, -0.2) is 60.8 Å². The van der Waals surface area contributed by atoms with Crippen LogP contribution < -0.4 is 15.0 Å². The van der Waals surface area contributed by atoms with Crippen molar-refractivity contribution in [2.75, 3.05) is 36.9 Å². The molecule has 1 aliphatic rings. The second-order valence-electron chi connectivity index (χ2n) is 8.19. The number of hydrogen-bond donors (Lipinski definition) is 2. The highest BCUT2D eigenvalue weighted by atomic mass is 35.5. The van der Waals surface area contributed by atoms with Gasteiger partial charge in [0.15, 0.2) is 0 Å². The first-order valence-electron chi connectivity index (χ1n) is 11.0. The van der Waals surface area contributed by atoms with Crippen LogP contribution in [0.2, 0.25) is 5.02 Å². The van der Waals surface area contributed by atoms with E-state index < -0.39 is 27.6 Å². The van der Waals surface area contributed by atoms with Gasteiger partial charge in [-0.25, -0.2) is 14.4 Å². The maximum Gasteiger partial charge on any atom is 0.266 e. The van der Waals surface area contributed by atoms with E-state index in [4.69, 9.17) is 20.9 Å². The number of rotatable bonds is 11. The summed E-state index contributed by atoms with van der Waals surface area (Å²) in [6, 6.07) is 4.32. The number of halogens is 2.